The molecule has 3 fully saturated rings. The van der Waals surface area contributed by atoms with Crippen LogP contribution in [-0.4, -0.2) is 5.88 Å². The van der Waals surface area contributed by atoms with Crippen molar-refractivity contribution in [3.05, 3.63) is 35.4 Å². The summed E-state index contributed by atoms with van der Waals surface area (Å²) >= 11 is 5.96. The fraction of sp³-hybridized carbons (Fsp3) is 0.538. The van der Waals surface area contributed by atoms with Gasteiger partial charge in [-0.15, -0.1) is 11.6 Å². The van der Waals surface area contributed by atoms with Gasteiger partial charge in [-0.05, 0) is 42.6 Å². The molecule has 0 unspecified atom stereocenters. The van der Waals surface area contributed by atoms with E-state index in [9.17, 15) is 0 Å². The third kappa shape index (κ3) is 0.954. The van der Waals surface area contributed by atoms with Crippen molar-refractivity contribution in [1.29, 1.82) is 0 Å². The summed E-state index contributed by atoms with van der Waals surface area (Å²) in [6.45, 7) is 2.14. The topological polar surface area (TPSA) is 0 Å². The Hall–Kier alpha value is -0.490. The standard InChI is InChI=1S/C13H15Cl/c1-10-2-4-11(5-3-10)13-6-12(7-13,8-13)9-14/h2-5H,6-9H2,1H3. The lowest BCUT2D eigenvalue weighted by molar-refractivity contribution is -0.122. The summed E-state index contributed by atoms with van der Waals surface area (Å²) in [6, 6.07) is 9.05. The van der Waals surface area contributed by atoms with Gasteiger partial charge in [0, 0.05) is 5.88 Å². The zero-order valence-electron chi connectivity index (χ0n) is 8.52. The lowest BCUT2D eigenvalue weighted by atomic mass is 9.34. The van der Waals surface area contributed by atoms with Crippen molar-refractivity contribution in [2.24, 2.45) is 5.41 Å². The maximum atomic E-state index is 5.96. The van der Waals surface area contributed by atoms with Gasteiger partial charge in [-0.2, -0.15) is 0 Å². The first-order valence-electron chi connectivity index (χ1n) is 5.31. The van der Waals surface area contributed by atoms with Crippen molar-refractivity contribution >= 4 is 11.6 Å². The van der Waals surface area contributed by atoms with Crippen LogP contribution >= 0.6 is 11.6 Å². The van der Waals surface area contributed by atoms with Crippen molar-refractivity contribution in [3.8, 4) is 0 Å². The average molecular weight is 207 g/mol. The Bertz CT molecular complexity index is 344. The Balaban J connectivity index is 1.84. The van der Waals surface area contributed by atoms with Crippen molar-refractivity contribution < 1.29 is 0 Å². The van der Waals surface area contributed by atoms with Crippen molar-refractivity contribution in [2.75, 3.05) is 5.88 Å². The molecule has 74 valence electrons. The molecule has 0 radical (unpaired) electrons. The highest BCUT2D eigenvalue weighted by atomic mass is 35.5. The van der Waals surface area contributed by atoms with Crippen LogP contribution in [0.25, 0.3) is 0 Å². The molecule has 4 rings (SSSR count). The minimum Gasteiger partial charge on any atom is -0.126 e. The van der Waals surface area contributed by atoms with Crippen LogP contribution in [0.15, 0.2) is 24.3 Å². The molecule has 0 spiro atoms. The van der Waals surface area contributed by atoms with E-state index in [0.29, 0.717) is 10.8 Å². The second-order valence-electron chi connectivity index (χ2n) is 5.31. The largest absolute Gasteiger partial charge is 0.126 e. The molecule has 0 heterocycles. The zero-order valence-corrected chi connectivity index (χ0v) is 9.27. The molecule has 0 saturated heterocycles. The van der Waals surface area contributed by atoms with Crippen molar-refractivity contribution in [2.45, 2.75) is 31.6 Å². The number of rotatable bonds is 2. The van der Waals surface area contributed by atoms with Crippen LogP contribution in [0, 0.1) is 12.3 Å². The lowest BCUT2D eigenvalue weighted by Crippen LogP contribution is -2.65. The third-order valence-corrected chi connectivity index (χ3v) is 4.65. The van der Waals surface area contributed by atoms with Crippen LogP contribution in [-0.2, 0) is 5.41 Å². The van der Waals surface area contributed by atoms with Crippen LogP contribution in [0.5, 0.6) is 0 Å². The molecule has 1 aromatic rings. The smallest absolute Gasteiger partial charge is 0.0280 e. The van der Waals surface area contributed by atoms with Crippen LogP contribution in [0.4, 0.5) is 0 Å². The lowest BCUT2D eigenvalue weighted by Gasteiger charge is -2.71. The maximum Gasteiger partial charge on any atom is 0.0280 e. The van der Waals surface area contributed by atoms with E-state index in [2.05, 4.69) is 31.2 Å². The Morgan fingerprint density at radius 2 is 1.71 bits per heavy atom. The summed E-state index contributed by atoms with van der Waals surface area (Å²) in [5.41, 5.74) is 3.96. The monoisotopic (exact) mass is 206 g/mol. The molecule has 0 atom stereocenters. The molecule has 1 heteroatoms. The average Bonchev–Trinajstić information content (AvgIpc) is 2.04. The van der Waals surface area contributed by atoms with E-state index >= 15 is 0 Å². The van der Waals surface area contributed by atoms with E-state index in [0.717, 1.165) is 5.88 Å². The first-order valence-corrected chi connectivity index (χ1v) is 5.85. The predicted octanol–water partition coefficient (Wildman–Crippen LogP) is 3.66. The van der Waals surface area contributed by atoms with Gasteiger partial charge in [0.25, 0.3) is 0 Å². The van der Waals surface area contributed by atoms with Crippen LogP contribution in [0.3, 0.4) is 0 Å². The van der Waals surface area contributed by atoms with Gasteiger partial charge in [0.15, 0.2) is 0 Å². The minimum absolute atomic E-state index is 0.530. The first kappa shape index (κ1) is 8.79. The summed E-state index contributed by atoms with van der Waals surface area (Å²) in [4.78, 5) is 0. The van der Waals surface area contributed by atoms with Gasteiger partial charge in [0.05, 0.1) is 0 Å². The number of hydrogen-bond acceptors (Lipinski definition) is 0. The molecule has 0 N–H and O–H groups in total. The molecule has 0 amide bonds. The molecule has 3 saturated carbocycles. The summed E-state index contributed by atoms with van der Waals surface area (Å²) in [5, 5.41) is 0. The molecular weight excluding hydrogens is 192 g/mol. The van der Waals surface area contributed by atoms with Crippen LogP contribution in [0.2, 0.25) is 0 Å². The highest BCUT2D eigenvalue weighted by Crippen LogP contribution is 2.73. The number of benzene rings is 1. The number of halogens is 1. The summed E-state index contributed by atoms with van der Waals surface area (Å²) in [5.74, 6) is 0.862. The van der Waals surface area contributed by atoms with Crippen molar-refractivity contribution in [1.82, 2.24) is 0 Å². The number of hydrogen-bond donors (Lipinski definition) is 0. The Kier molecular flexibility index (Phi) is 1.60. The van der Waals surface area contributed by atoms with Gasteiger partial charge in [0.2, 0.25) is 0 Å². The molecule has 0 aromatic heterocycles. The van der Waals surface area contributed by atoms with Gasteiger partial charge in [-0.1, -0.05) is 29.8 Å². The second-order valence-corrected chi connectivity index (χ2v) is 5.58. The molecule has 1 aromatic carbocycles. The summed E-state index contributed by atoms with van der Waals surface area (Å²) < 4.78 is 0. The van der Waals surface area contributed by atoms with Crippen molar-refractivity contribution in [3.63, 3.8) is 0 Å². The van der Waals surface area contributed by atoms with E-state index in [1.54, 1.807) is 0 Å². The van der Waals surface area contributed by atoms with E-state index in [1.165, 1.54) is 30.4 Å². The SMILES string of the molecule is Cc1ccc(C23CC(CCl)(C2)C3)cc1. The van der Waals surface area contributed by atoms with Gasteiger partial charge in [-0.25, -0.2) is 0 Å². The van der Waals surface area contributed by atoms with Gasteiger partial charge < -0.3 is 0 Å². The van der Waals surface area contributed by atoms with Crippen LogP contribution in [0.1, 0.15) is 30.4 Å². The quantitative estimate of drug-likeness (QED) is 0.648. The summed E-state index contributed by atoms with van der Waals surface area (Å²) in [7, 11) is 0. The van der Waals surface area contributed by atoms with Gasteiger partial charge in [-0.3, -0.25) is 0 Å². The fourth-order valence-electron chi connectivity index (χ4n) is 3.35. The Labute approximate surface area is 90.3 Å². The highest BCUT2D eigenvalue weighted by molar-refractivity contribution is 6.18. The van der Waals surface area contributed by atoms with Gasteiger partial charge >= 0.3 is 0 Å². The molecule has 14 heavy (non-hydrogen) atoms. The highest BCUT2D eigenvalue weighted by Gasteiger charge is 2.67. The minimum atomic E-state index is 0.530. The second kappa shape index (κ2) is 2.55. The van der Waals surface area contributed by atoms with Gasteiger partial charge in [0.1, 0.15) is 0 Å². The molecule has 3 aliphatic rings. The van der Waals surface area contributed by atoms with Crippen LogP contribution < -0.4 is 0 Å². The zero-order chi connectivity index (χ0) is 9.81. The summed E-state index contributed by atoms with van der Waals surface area (Å²) in [6.07, 6.45) is 3.98. The molecule has 3 aliphatic carbocycles. The van der Waals surface area contributed by atoms with E-state index in [4.69, 9.17) is 11.6 Å². The third-order valence-electron chi connectivity index (χ3n) is 4.09. The van der Waals surface area contributed by atoms with E-state index in [1.807, 2.05) is 0 Å². The number of alkyl halides is 1. The molecular formula is C13H15Cl. The Morgan fingerprint density at radius 1 is 1.14 bits per heavy atom. The Morgan fingerprint density at radius 3 is 2.21 bits per heavy atom. The normalized spacial score (nSPS) is 38.7. The number of aryl methyl sites for hydroxylation is 1. The maximum absolute atomic E-state index is 5.96. The first-order chi connectivity index (χ1) is 6.68. The van der Waals surface area contributed by atoms with E-state index in [-0.39, 0.29) is 0 Å². The van der Waals surface area contributed by atoms with E-state index < -0.39 is 0 Å². The fourth-order valence-corrected chi connectivity index (χ4v) is 3.64. The molecule has 0 aliphatic heterocycles. The molecule has 0 nitrogen and oxygen atoms in total. The molecule has 2 bridgehead atoms. The predicted molar refractivity (Wildman–Crippen MR) is 59.9 cm³/mol.